The summed E-state index contributed by atoms with van der Waals surface area (Å²) in [6, 6.07) is 0. The minimum Gasteiger partial charge on any atom is -0.465 e. The Balaban J connectivity index is 3.56. The van der Waals surface area contributed by atoms with Crippen LogP contribution in [0.2, 0.25) is 0 Å². The Hall–Kier alpha value is -1.05. The van der Waals surface area contributed by atoms with Crippen molar-refractivity contribution >= 4 is 5.97 Å². The number of hydrogen-bond donors (Lipinski definition) is 0. The summed E-state index contributed by atoms with van der Waals surface area (Å²) in [5.74, 6) is 0.475. The number of hydrogen-bond acceptors (Lipinski definition) is 2. The van der Waals surface area contributed by atoms with Gasteiger partial charge >= 0.3 is 5.97 Å². The lowest BCUT2D eigenvalue weighted by Gasteiger charge is -2.04. The first kappa shape index (κ1) is 16.0. The van der Waals surface area contributed by atoms with Crippen LogP contribution in [0.25, 0.3) is 0 Å². The molecule has 0 aliphatic heterocycles. The Morgan fingerprint density at radius 3 is 2.59 bits per heavy atom. The van der Waals surface area contributed by atoms with Gasteiger partial charge in [-0.15, -0.1) is 0 Å². The van der Waals surface area contributed by atoms with Crippen molar-refractivity contribution in [3.05, 3.63) is 23.8 Å². The van der Waals surface area contributed by atoms with E-state index in [1.54, 1.807) is 0 Å². The van der Waals surface area contributed by atoms with Gasteiger partial charge in [0.05, 0.1) is 6.61 Å². The van der Waals surface area contributed by atoms with E-state index in [9.17, 15) is 4.79 Å². The lowest BCUT2D eigenvalue weighted by Crippen LogP contribution is -2.02. The first-order valence-corrected chi connectivity index (χ1v) is 6.52. The molecule has 0 spiro atoms. The van der Waals surface area contributed by atoms with Crippen LogP contribution in [-0.2, 0) is 9.53 Å². The lowest BCUT2D eigenvalue weighted by atomic mass is 10.0. The summed E-state index contributed by atoms with van der Waals surface area (Å²) in [4.78, 5) is 10.9. The van der Waals surface area contributed by atoms with Crippen LogP contribution in [0.3, 0.4) is 0 Å². The molecule has 0 aliphatic carbocycles. The highest BCUT2D eigenvalue weighted by molar-refractivity contribution is 5.68. The lowest BCUT2D eigenvalue weighted by molar-refractivity contribution is -0.143. The third-order valence-electron chi connectivity index (χ3n) is 2.48. The maximum atomic E-state index is 10.9. The Morgan fingerprint density at radius 2 is 2.00 bits per heavy atom. The highest BCUT2D eigenvalue weighted by atomic mass is 16.5. The molecule has 0 bridgehead atoms. The SMILES string of the molecule is CCC(=O)OCC/C=C/C(C)CCC=C(C)C. The van der Waals surface area contributed by atoms with Gasteiger partial charge in [0, 0.05) is 6.42 Å². The first-order chi connectivity index (χ1) is 8.06. The molecular weight excluding hydrogens is 212 g/mol. The molecule has 0 radical (unpaired) electrons. The third-order valence-corrected chi connectivity index (χ3v) is 2.48. The average molecular weight is 238 g/mol. The van der Waals surface area contributed by atoms with Gasteiger partial charge in [-0.2, -0.15) is 0 Å². The molecule has 2 heteroatoms. The van der Waals surface area contributed by atoms with Crippen molar-refractivity contribution in [2.75, 3.05) is 6.61 Å². The first-order valence-electron chi connectivity index (χ1n) is 6.52. The third kappa shape index (κ3) is 11.2. The second-order valence-corrected chi connectivity index (χ2v) is 4.63. The van der Waals surface area contributed by atoms with Gasteiger partial charge in [0.25, 0.3) is 0 Å². The maximum absolute atomic E-state index is 10.9. The molecule has 17 heavy (non-hydrogen) atoms. The van der Waals surface area contributed by atoms with Gasteiger partial charge in [-0.25, -0.2) is 0 Å². The number of ether oxygens (including phenoxy) is 1. The number of carbonyl (C=O) groups excluding carboxylic acids is 1. The summed E-state index contributed by atoms with van der Waals surface area (Å²) in [5, 5.41) is 0. The predicted octanol–water partition coefficient (Wildman–Crippen LogP) is 4.27. The van der Waals surface area contributed by atoms with Crippen molar-refractivity contribution in [3.63, 3.8) is 0 Å². The van der Waals surface area contributed by atoms with Crippen LogP contribution < -0.4 is 0 Å². The minimum atomic E-state index is -0.116. The van der Waals surface area contributed by atoms with Gasteiger partial charge < -0.3 is 4.74 Å². The van der Waals surface area contributed by atoms with Crippen molar-refractivity contribution < 1.29 is 9.53 Å². The van der Waals surface area contributed by atoms with Crippen molar-refractivity contribution in [1.82, 2.24) is 0 Å². The quantitative estimate of drug-likeness (QED) is 0.358. The summed E-state index contributed by atoms with van der Waals surface area (Å²) < 4.78 is 4.99. The fourth-order valence-electron chi connectivity index (χ4n) is 1.40. The molecule has 0 heterocycles. The molecule has 0 amide bonds. The summed E-state index contributed by atoms with van der Waals surface area (Å²) in [5.41, 5.74) is 1.38. The molecule has 0 saturated carbocycles. The van der Waals surface area contributed by atoms with E-state index >= 15 is 0 Å². The normalized spacial score (nSPS) is 12.5. The molecule has 1 atom stereocenters. The molecule has 0 rings (SSSR count). The van der Waals surface area contributed by atoms with Gasteiger partial charge in [0.1, 0.15) is 0 Å². The van der Waals surface area contributed by atoms with E-state index in [1.807, 2.05) is 6.92 Å². The van der Waals surface area contributed by atoms with Crippen molar-refractivity contribution in [2.45, 2.75) is 53.4 Å². The molecule has 0 aromatic rings. The van der Waals surface area contributed by atoms with Gasteiger partial charge in [-0.1, -0.05) is 37.6 Å². The maximum Gasteiger partial charge on any atom is 0.305 e. The molecule has 0 fully saturated rings. The van der Waals surface area contributed by atoms with E-state index in [2.05, 4.69) is 39.0 Å². The van der Waals surface area contributed by atoms with Crippen LogP contribution in [0.4, 0.5) is 0 Å². The van der Waals surface area contributed by atoms with Crippen molar-refractivity contribution in [2.24, 2.45) is 5.92 Å². The fourth-order valence-corrected chi connectivity index (χ4v) is 1.40. The largest absolute Gasteiger partial charge is 0.465 e. The highest BCUT2D eigenvalue weighted by Crippen LogP contribution is 2.09. The second-order valence-electron chi connectivity index (χ2n) is 4.63. The van der Waals surface area contributed by atoms with Crippen molar-refractivity contribution in [3.8, 4) is 0 Å². The second kappa shape index (κ2) is 10.1. The molecule has 0 N–H and O–H groups in total. The van der Waals surface area contributed by atoms with Crippen LogP contribution in [-0.4, -0.2) is 12.6 Å². The van der Waals surface area contributed by atoms with Crippen LogP contribution in [0.5, 0.6) is 0 Å². The number of esters is 1. The Bertz CT molecular complexity index is 260. The van der Waals surface area contributed by atoms with Gasteiger partial charge in [0.2, 0.25) is 0 Å². The Morgan fingerprint density at radius 1 is 1.29 bits per heavy atom. The fraction of sp³-hybridized carbons (Fsp3) is 0.667. The summed E-state index contributed by atoms with van der Waals surface area (Å²) >= 11 is 0. The van der Waals surface area contributed by atoms with Gasteiger partial charge in [0.15, 0.2) is 0 Å². The van der Waals surface area contributed by atoms with Gasteiger partial charge in [-0.05, 0) is 39.0 Å². The average Bonchev–Trinajstić information content (AvgIpc) is 2.27. The molecule has 0 saturated heterocycles. The topological polar surface area (TPSA) is 26.3 Å². The Kier molecular flexibility index (Phi) is 9.50. The van der Waals surface area contributed by atoms with Crippen LogP contribution in [0.1, 0.15) is 53.4 Å². The zero-order valence-electron chi connectivity index (χ0n) is 11.7. The number of rotatable bonds is 8. The molecule has 0 aromatic heterocycles. The zero-order chi connectivity index (χ0) is 13.1. The molecule has 98 valence electrons. The minimum absolute atomic E-state index is 0.116. The number of allylic oxidation sites excluding steroid dienone is 3. The van der Waals surface area contributed by atoms with Crippen LogP contribution in [0, 0.1) is 5.92 Å². The van der Waals surface area contributed by atoms with E-state index in [1.165, 1.54) is 12.0 Å². The monoisotopic (exact) mass is 238 g/mol. The Labute approximate surface area is 106 Å². The standard InChI is InChI=1S/C15H26O2/c1-5-15(16)17-12-7-6-10-14(4)11-8-9-13(2)3/h6,9-10,14H,5,7-8,11-12H2,1-4H3/b10-6+. The summed E-state index contributed by atoms with van der Waals surface area (Å²) in [6.45, 7) is 8.78. The van der Waals surface area contributed by atoms with Crippen molar-refractivity contribution in [1.29, 1.82) is 0 Å². The molecule has 2 nitrogen and oxygen atoms in total. The van der Waals surface area contributed by atoms with Crippen LogP contribution >= 0.6 is 0 Å². The molecular formula is C15H26O2. The van der Waals surface area contributed by atoms with E-state index in [0.29, 0.717) is 18.9 Å². The van der Waals surface area contributed by atoms with Crippen LogP contribution in [0.15, 0.2) is 23.8 Å². The van der Waals surface area contributed by atoms with E-state index < -0.39 is 0 Å². The molecule has 0 aliphatic rings. The zero-order valence-corrected chi connectivity index (χ0v) is 11.7. The predicted molar refractivity (Wildman–Crippen MR) is 72.8 cm³/mol. The molecule has 1 unspecified atom stereocenters. The summed E-state index contributed by atoms with van der Waals surface area (Å²) in [7, 11) is 0. The van der Waals surface area contributed by atoms with E-state index in [0.717, 1.165) is 12.8 Å². The van der Waals surface area contributed by atoms with Gasteiger partial charge in [-0.3, -0.25) is 4.79 Å². The van der Waals surface area contributed by atoms with E-state index in [4.69, 9.17) is 4.74 Å². The summed E-state index contributed by atoms with van der Waals surface area (Å²) in [6.07, 6.45) is 10.2. The van der Waals surface area contributed by atoms with E-state index in [-0.39, 0.29) is 5.97 Å². The molecule has 0 aromatic carbocycles. The smallest absolute Gasteiger partial charge is 0.305 e. The highest BCUT2D eigenvalue weighted by Gasteiger charge is 1.97. The number of carbonyl (C=O) groups is 1.